The molecule has 2 heterocycles. The van der Waals surface area contributed by atoms with Crippen LogP contribution in [0.1, 0.15) is 12.8 Å². The molecule has 2 saturated heterocycles. The molecule has 7 nitrogen and oxygen atoms in total. The first-order chi connectivity index (χ1) is 8.55. The van der Waals surface area contributed by atoms with E-state index in [2.05, 4.69) is 10.1 Å². The average molecular weight is 257 g/mol. The van der Waals surface area contributed by atoms with E-state index in [1.165, 1.54) is 7.11 Å². The molecular formula is C11H19N3O4. The van der Waals surface area contributed by atoms with Crippen LogP contribution in [0.15, 0.2) is 0 Å². The van der Waals surface area contributed by atoms with Gasteiger partial charge in [-0.1, -0.05) is 0 Å². The number of alkyl carbamates (subject to hydrolysis) is 1. The van der Waals surface area contributed by atoms with Gasteiger partial charge in [0.25, 0.3) is 0 Å². The third-order valence-corrected chi connectivity index (χ3v) is 3.46. The van der Waals surface area contributed by atoms with Crippen LogP contribution in [-0.2, 0) is 14.3 Å². The van der Waals surface area contributed by atoms with E-state index in [9.17, 15) is 9.59 Å². The number of ether oxygens (including phenoxy) is 2. The highest BCUT2D eigenvalue weighted by molar-refractivity contribution is 5.87. The molecule has 102 valence electrons. The van der Waals surface area contributed by atoms with Gasteiger partial charge in [-0.05, 0) is 12.8 Å². The maximum absolute atomic E-state index is 12.2. The smallest absolute Gasteiger partial charge is 0.407 e. The monoisotopic (exact) mass is 257 g/mol. The quantitative estimate of drug-likeness (QED) is 0.666. The minimum Gasteiger partial charge on any atom is -0.453 e. The molecule has 0 radical (unpaired) electrons. The van der Waals surface area contributed by atoms with Gasteiger partial charge in [0, 0.05) is 19.7 Å². The lowest BCUT2D eigenvalue weighted by Crippen LogP contribution is -2.55. The number of nitrogens with two attached hydrogens (primary N) is 1. The van der Waals surface area contributed by atoms with Gasteiger partial charge in [0.1, 0.15) is 5.54 Å². The maximum Gasteiger partial charge on any atom is 0.407 e. The van der Waals surface area contributed by atoms with Crippen molar-refractivity contribution in [2.45, 2.75) is 24.4 Å². The van der Waals surface area contributed by atoms with Gasteiger partial charge in [0.2, 0.25) is 5.91 Å². The molecule has 0 aromatic heterocycles. The molecule has 2 unspecified atom stereocenters. The van der Waals surface area contributed by atoms with Crippen molar-refractivity contribution in [1.82, 2.24) is 10.2 Å². The lowest BCUT2D eigenvalue weighted by Gasteiger charge is -2.27. The first kappa shape index (κ1) is 13.1. The summed E-state index contributed by atoms with van der Waals surface area (Å²) in [5.74, 6) is -0.0887. The summed E-state index contributed by atoms with van der Waals surface area (Å²) in [6.45, 7) is 1.89. The summed E-state index contributed by atoms with van der Waals surface area (Å²) in [6.07, 6.45) is 0.802. The van der Waals surface area contributed by atoms with Gasteiger partial charge in [0.15, 0.2) is 0 Å². The van der Waals surface area contributed by atoms with E-state index in [4.69, 9.17) is 10.5 Å². The highest BCUT2D eigenvalue weighted by Crippen LogP contribution is 2.21. The Morgan fingerprint density at radius 3 is 2.94 bits per heavy atom. The Morgan fingerprint density at radius 2 is 2.33 bits per heavy atom. The Morgan fingerprint density at radius 1 is 1.56 bits per heavy atom. The summed E-state index contributed by atoms with van der Waals surface area (Å²) in [6, 6.07) is -0.0627. The number of hydrogen-bond donors (Lipinski definition) is 2. The van der Waals surface area contributed by atoms with E-state index in [0.29, 0.717) is 26.1 Å². The van der Waals surface area contributed by atoms with E-state index >= 15 is 0 Å². The molecule has 0 aliphatic carbocycles. The van der Waals surface area contributed by atoms with Crippen LogP contribution in [0.25, 0.3) is 0 Å². The third-order valence-electron chi connectivity index (χ3n) is 3.46. The molecule has 3 N–H and O–H groups in total. The summed E-state index contributed by atoms with van der Waals surface area (Å²) in [5.41, 5.74) is 5.14. The predicted octanol–water partition coefficient (Wildman–Crippen LogP) is -0.939. The summed E-state index contributed by atoms with van der Waals surface area (Å²) >= 11 is 0. The topological polar surface area (TPSA) is 93.9 Å². The Bertz CT molecular complexity index is 341. The molecule has 0 aromatic carbocycles. The second kappa shape index (κ2) is 5.11. The standard InChI is InChI=1S/C11H19N3O4/c1-17-10(16)13-8-2-4-14(6-8)9(15)11(12)3-5-18-7-11/h8H,2-7,12H2,1H3,(H,13,16). The molecular weight excluding hydrogens is 238 g/mol. The van der Waals surface area contributed by atoms with Crippen LogP contribution in [0.5, 0.6) is 0 Å². The van der Waals surface area contributed by atoms with Crippen LogP contribution in [0.2, 0.25) is 0 Å². The normalized spacial score (nSPS) is 31.4. The van der Waals surface area contributed by atoms with Crippen molar-refractivity contribution in [1.29, 1.82) is 0 Å². The van der Waals surface area contributed by atoms with Gasteiger partial charge >= 0.3 is 6.09 Å². The predicted molar refractivity (Wildman–Crippen MR) is 62.9 cm³/mol. The average Bonchev–Trinajstić information content (AvgIpc) is 2.98. The van der Waals surface area contributed by atoms with Crippen LogP contribution in [0.3, 0.4) is 0 Å². The van der Waals surface area contributed by atoms with Crippen LogP contribution < -0.4 is 11.1 Å². The number of nitrogens with one attached hydrogen (secondary N) is 1. The number of carbonyl (C=O) groups excluding carboxylic acids is 2. The van der Waals surface area contributed by atoms with Crippen molar-refractivity contribution < 1.29 is 19.1 Å². The molecule has 0 bridgehead atoms. The number of likely N-dealkylation sites (tertiary alicyclic amines) is 1. The Labute approximate surface area is 106 Å². The molecule has 7 heteroatoms. The van der Waals surface area contributed by atoms with Crippen molar-refractivity contribution in [3.05, 3.63) is 0 Å². The highest BCUT2D eigenvalue weighted by atomic mass is 16.5. The van der Waals surface area contributed by atoms with Gasteiger partial charge < -0.3 is 25.4 Å². The number of rotatable bonds is 2. The Balaban J connectivity index is 1.88. The van der Waals surface area contributed by atoms with Crippen molar-refractivity contribution in [3.8, 4) is 0 Å². The number of hydrogen-bond acceptors (Lipinski definition) is 5. The fourth-order valence-corrected chi connectivity index (χ4v) is 2.35. The zero-order chi connectivity index (χ0) is 13.2. The first-order valence-corrected chi connectivity index (χ1v) is 6.05. The second-order valence-corrected chi connectivity index (χ2v) is 4.83. The molecule has 2 amide bonds. The first-order valence-electron chi connectivity index (χ1n) is 6.05. The summed E-state index contributed by atoms with van der Waals surface area (Å²) in [5, 5.41) is 2.69. The molecule has 2 aliphatic heterocycles. The van der Waals surface area contributed by atoms with Gasteiger partial charge in [0.05, 0.1) is 19.8 Å². The minimum absolute atomic E-state index is 0.0627. The fourth-order valence-electron chi connectivity index (χ4n) is 2.35. The largest absolute Gasteiger partial charge is 0.453 e. The SMILES string of the molecule is COC(=O)NC1CCN(C(=O)C2(N)CCOC2)C1. The van der Waals surface area contributed by atoms with Crippen LogP contribution in [0, 0.1) is 0 Å². The number of carbonyl (C=O) groups is 2. The minimum atomic E-state index is -0.889. The highest BCUT2D eigenvalue weighted by Gasteiger charge is 2.43. The van der Waals surface area contributed by atoms with Crippen LogP contribution in [0.4, 0.5) is 4.79 Å². The van der Waals surface area contributed by atoms with Gasteiger partial charge in [-0.3, -0.25) is 4.79 Å². The number of nitrogens with zero attached hydrogens (tertiary/aromatic N) is 1. The molecule has 2 aliphatic rings. The second-order valence-electron chi connectivity index (χ2n) is 4.83. The van der Waals surface area contributed by atoms with Crippen LogP contribution >= 0.6 is 0 Å². The third kappa shape index (κ3) is 2.56. The van der Waals surface area contributed by atoms with Crippen molar-refractivity contribution in [3.63, 3.8) is 0 Å². The van der Waals surface area contributed by atoms with Gasteiger partial charge in [-0.15, -0.1) is 0 Å². The van der Waals surface area contributed by atoms with E-state index < -0.39 is 11.6 Å². The molecule has 0 spiro atoms. The van der Waals surface area contributed by atoms with Gasteiger partial charge in [-0.2, -0.15) is 0 Å². The summed E-state index contributed by atoms with van der Waals surface area (Å²) in [7, 11) is 1.32. The zero-order valence-electron chi connectivity index (χ0n) is 10.5. The van der Waals surface area contributed by atoms with Crippen molar-refractivity contribution in [2.24, 2.45) is 5.73 Å². The number of methoxy groups -OCH3 is 1. The van der Waals surface area contributed by atoms with E-state index in [-0.39, 0.29) is 18.6 Å². The zero-order valence-corrected chi connectivity index (χ0v) is 10.5. The van der Waals surface area contributed by atoms with Crippen molar-refractivity contribution in [2.75, 3.05) is 33.4 Å². The Hall–Kier alpha value is -1.34. The van der Waals surface area contributed by atoms with Crippen LogP contribution in [-0.4, -0.2) is 61.9 Å². The molecule has 2 rings (SSSR count). The summed E-state index contributed by atoms with van der Waals surface area (Å²) < 4.78 is 9.72. The summed E-state index contributed by atoms with van der Waals surface area (Å²) in [4.78, 5) is 25.0. The van der Waals surface area contributed by atoms with E-state index in [1.807, 2.05) is 0 Å². The Kier molecular flexibility index (Phi) is 3.72. The van der Waals surface area contributed by atoms with Gasteiger partial charge in [-0.25, -0.2) is 4.79 Å². The fraction of sp³-hybridized carbons (Fsp3) is 0.818. The van der Waals surface area contributed by atoms with E-state index in [0.717, 1.165) is 6.42 Å². The van der Waals surface area contributed by atoms with E-state index in [1.54, 1.807) is 4.90 Å². The maximum atomic E-state index is 12.2. The number of amides is 2. The lowest BCUT2D eigenvalue weighted by molar-refractivity contribution is -0.136. The molecule has 18 heavy (non-hydrogen) atoms. The van der Waals surface area contributed by atoms with Crippen molar-refractivity contribution >= 4 is 12.0 Å². The molecule has 2 fully saturated rings. The molecule has 0 saturated carbocycles. The molecule has 0 aromatic rings. The molecule has 2 atom stereocenters. The lowest BCUT2D eigenvalue weighted by atomic mass is 9.98.